The molecule has 0 aliphatic heterocycles. The molecule has 15 heavy (non-hydrogen) atoms. The molecular formula is C11H13BF3-. The fourth-order valence-corrected chi connectivity index (χ4v) is 2.42. The standard InChI is InChI=1S/C11H13BF3/c13-12(14,15)11-8-4-3-7-10(11)9-5-1-2-6-9/h3-4,7-9H,1-2,5-6H2/q-1. The van der Waals surface area contributed by atoms with Crippen molar-refractivity contribution in [2.24, 2.45) is 0 Å². The summed E-state index contributed by atoms with van der Waals surface area (Å²) in [7, 11) is 0. The summed E-state index contributed by atoms with van der Waals surface area (Å²) in [5.41, 5.74) is 0.131. The fraction of sp³-hybridized carbons (Fsp3) is 0.455. The summed E-state index contributed by atoms with van der Waals surface area (Å²) < 4.78 is 38.3. The molecule has 0 bridgehead atoms. The quantitative estimate of drug-likeness (QED) is 0.660. The molecule has 2 rings (SSSR count). The van der Waals surface area contributed by atoms with E-state index < -0.39 is 6.98 Å². The Kier molecular flexibility index (Phi) is 2.76. The highest BCUT2D eigenvalue weighted by Gasteiger charge is 2.30. The van der Waals surface area contributed by atoms with Gasteiger partial charge < -0.3 is 12.9 Å². The highest BCUT2D eigenvalue weighted by molar-refractivity contribution is 6.74. The van der Waals surface area contributed by atoms with Crippen LogP contribution in [0.15, 0.2) is 24.3 Å². The summed E-state index contributed by atoms with van der Waals surface area (Å²) in [4.78, 5) is 0. The summed E-state index contributed by atoms with van der Waals surface area (Å²) >= 11 is 0. The van der Waals surface area contributed by atoms with Crippen LogP contribution in [0.2, 0.25) is 0 Å². The molecule has 0 aromatic heterocycles. The van der Waals surface area contributed by atoms with Crippen LogP contribution in [0.5, 0.6) is 0 Å². The van der Waals surface area contributed by atoms with Gasteiger partial charge in [0.1, 0.15) is 0 Å². The first-order valence-electron chi connectivity index (χ1n) is 5.38. The smallest absolute Gasteiger partial charge is 0.445 e. The molecule has 1 fully saturated rings. The van der Waals surface area contributed by atoms with Crippen molar-refractivity contribution in [3.63, 3.8) is 0 Å². The van der Waals surface area contributed by atoms with E-state index in [4.69, 9.17) is 0 Å². The van der Waals surface area contributed by atoms with E-state index >= 15 is 0 Å². The van der Waals surface area contributed by atoms with Crippen molar-refractivity contribution in [1.29, 1.82) is 0 Å². The van der Waals surface area contributed by atoms with Crippen molar-refractivity contribution in [3.05, 3.63) is 29.8 Å². The summed E-state index contributed by atoms with van der Waals surface area (Å²) in [6.45, 7) is -4.86. The number of halogens is 3. The Labute approximate surface area is 87.6 Å². The molecule has 4 heteroatoms. The second-order valence-corrected chi connectivity index (χ2v) is 4.19. The lowest BCUT2D eigenvalue weighted by molar-refractivity contribution is 0.499. The van der Waals surface area contributed by atoms with Crippen molar-refractivity contribution < 1.29 is 12.9 Å². The zero-order chi connectivity index (χ0) is 10.9. The van der Waals surface area contributed by atoms with Crippen molar-refractivity contribution in [2.45, 2.75) is 31.6 Å². The molecule has 0 saturated heterocycles. The zero-order valence-electron chi connectivity index (χ0n) is 8.43. The number of benzene rings is 1. The molecule has 0 nitrogen and oxygen atoms in total. The van der Waals surface area contributed by atoms with Crippen molar-refractivity contribution in [3.8, 4) is 0 Å². The third-order valence-corrected chi connectivity index (χ3v) is 3.14. The summed E-state index contributed by atoms with van der Waals surface area (Å²) in [6, 6.07) is 6.04. The lowest BCUT2D eigenvalue weighted by atomic mass is 9.73. The Morgan fingerprint density at radius 2 is 1.60 bits per heavy atom. The third kappa shape index (κ3) is 2.19. The van der Waals surface area contributed by atoms with Gasteiger partial charge in [0.15, 0.2) is 0 Å². The summed E-state index contributed by atoms with van der Waals surface area (Å²) in [5, 5.41) is 0. The number of rotatable bonds is 2. The first kappa shape index (κ1) is 10.6. The topological polar surface area (TPSA) is 0 Å². The van der Waals surface area contributed by atoms with Gasteiger partial charge in [0.2, 0.25) is 0 Å². The van der Waals surface area contributed by atoms with Crippen molar-refractivity contribution >= 4 is 12.4 Å². The van der Waals surface area contributed by atoms with E-state index in [1.807, 2.05) is 0 Å². The summed E-state index contributed by atoms with van der Waals surface area (Å²) in [5.74, 6) is 0.129. The molecule has 1 aliphatic rings. The van der Waals surface area contributed by atoms with Gasteiger partial charge in [-0.1, -0.05) is 42.7 Å². The maximum Gasteiger partial charge on any atom is 0.509 e. The van der Waals surface area contributed by atoms with Crippen LogP contribution < -0.4 is 5.46 Å². The van der Waals surface area contributed by atoms with Crippen LogP contribution in [0.3, 0.4) is 0 Å². The second kappa shape index (κ2) is 3.91. The van der Waals surface area contributed by atoms with Gasteiger partial charge in [-0.25, -0.2) is 0 Å². The third-order valence-electron chi connectivity index (χ3n) is 3.14. The molecule has 0 atom stereocenters. The lowest BCUT2D eigenvalue weighted by Gasteiger charge is -2.22. The average Bonchev–Trinajstić information content (AvgIpc) is 2.69. The van der Waals surface area contributed by atoms with E-state index in [2.05, 4.69) is 0 Å². The molecule has 0 heterocycles. The van der Waals surface area contributed by atoms with E-state index in [0.29, 0.717) is 5.56 Å². The van der Waals surface area contributed by atoms with Gasteiger partial charge in [-0.15, -0.1) is 5.46 Å². The van der Waals surface area contributed by atoms with E-state index in [9.17, 15) is 12.9 Å². The van der Waals surface area contributed by atoms with Gasteiger partial charge in [-0.2, -0.15) is 0 Å². The van der Waals surface area contributed by atoms with Gasteiger partial charge in [-0.05, 0) is 18.8 Å². The minimum atomic E-state index is -4.86. The van der Waals surface area contributed by atoms with Crippen LogP contribution >= 0.6 is 0 Å². The molecule has 0 unspecified atom stereocenters. The molecule has 1 aromatic rings. The first-order valence-corrected chi connectivity index (χ1v) is 5.38. The Morgan fingerprint density at radius 1 is 1.00 bits per heavy atom. The molecule has 1 aromatic carbocycles. The van der Waals surface area contributed by atoms with Crippen LogP contribution in [-0.2, 0) is 0 Å². The highest BCUT2D eigenvalue weighted by atomic mass is 19.4. The Bertz CT molecular complexity index is 340. The molecule has 0 amide bonds. The van der Waals surface area contributed by atoms with Gasteiger partial charge >= 0.3 is 6.98 Å². The fourth-order valence-electron chi connectivity index (χ4n) is 2.42. The maximum absolute atomic E-state index is 12.8. The lowest BCUT2D eigenvalue weighted by Crippen LogP contribution is -2.37. The second-order valence-electron chi connectivity index (χ2n) is 4.19. The van der Waals surface area contributed by atoms with Crippen LogP contribution in [0.4, 0.5) is 12.9 Å². The van der Waals surface area contributed by atoms with Crippen LogP contribution in [0, 0.1) is 0 Å². The molecular weight excluding hydrogens is 200 g/mol. The molecule has 1 aliphatic carbocycles. The predicted molar refractivity (Wildman–Crippen MR) is 56.4 cm³/mol. The molecule has 0 N–H and O–H groups in total. The van der Waals surface area contributed by atoms with E-state index in [-0.39, 0.29) is 11.4 Å². The van der Waals surface area contributed by atoms with Crippen molar-refractivity contribution in [2.75, 3.05) is 0 Å². The zero-order valence-corrected chi connectivity index (χ0v) is 8.43. The molecule has 1 saturated carbocycles. The Hall–Kier alpha value is -0.925. The molecule has 0 spiro atoms. The molecule has 82 valence electrons. The van der Waals surface area contributed by atoms with Crippen LogP contribution in [-0.4, -0.2) is 6.98 Å². The minimum Gasteiger partial charge on any atom is -0.445 e. The minimum absolute atomic E-state index is 0.129. The van der Waals surface area contributed by atoms with Crippen molar-refractivity contribution in [1.82, 2.24) is 0 Å². The van der Waals surface area contributed by atoms with E-state index in [0.717, 1.165) is 25.7 Å². The highest BCUT2D eigenvalue weighted by Crippen LogP contribution is 2.34. The van der Waals surface area contributed by atoms with Gasteiger partial charge in [0.05, 0.1) is 0 Å². The van der Waals surface area contributed by atoms with Gasteiger partial charge in [0.25, 0.3) is 0 Å². The average molecular weight is 213 g/mol. The first-order chi connectivity index (χ1) is 7.09. The summed E-state index contributed by atoms with van der Waals surface area (Å²) in [6.07, 6.45) is 3.93. The number of hydrogen-bond donors (Lipinski definition) is 0. The number of hydrogen-bond acceptors (Lipinski definition) is 0. The van der Waals surface area contributed by atoms with Crippen LogP contribution in [0.1, 0.15) is 37.2 Å². The Balaban J connectivity index is 2.37. The normalized spacial score (nSPS) is 18.3. The Morgan fingerprint density at radius 3 is 2.20 bits per heavy atom. The SMILES string of the molecule is F[B-](F)(F)c1ccccc1C1CCCC1. The predicted octanol–water partition coefficient (Wildman–Crippen LogP) is 3.40. The van der Waals surface area contributed by atoms with Gasteiger partial charge in [0, 0.05) is 0 Å². The van der Waals surface area contributed by atoms with E-state index in [1.165, 1.54) is 12.1 Å². The van der Waals surface area contributed by atoms with Crippen LogP contribution in [0.25, 0.3) is 0 Å². The largest absolute Gasteiger partial charge is 0.509 e. The van der Waals surface area contributed by atoms with E-state index in [1.54, 1.807) is 12.1 Å². The van der Waals surface area contributed by atoms with Gasteiger partial charge in [-0.3, -0.25) is 0 Å². The monoisotopic (exact) mass is 213 g/mol. The maximum atomic E-state index is 12.8. The molecule has 0 radical (unpaired) electrons.